The average Bonchev–Trinajstić information content (AvgIpc) is 2.52. The summed E-state index contributed by atoms with van der Waals surface area (Å²) in [7, 11) is 0. The van der Waals surface area contributed by atoms with E-state index in [2.05, 4.69) is 6.58 Å². The molecule has 21 heavy (non-hydrogen) atoms. The third-order valence-electron chi connectivity index (χ3n) is 3.26. The van der Waals surface area contributed by atoms with Gasteiger partial charge in [0.25, 0.3) is 0 Å². The molecule has 0 aliphatic heterocycles. The van der Waals surface area contributed by atoms with E-state index in [1.54, 1.807) is 6.08 Å². The van der Waals surface area contributed by atoms with Crippen molar-refractivity contribution in [1.29, 1.82) is 0 Å². The number of benzene rings is 1. The summed E-state index contributed by atoms with van der Waals surface area (Å²) in [5.41, 5.74) is 1.01. The van der Waals surface area contributed by atoms with Crippen LogP contribution in [-0.2, 0) is 9.53 Å². The number of hydrogen-bond donors (Lipinski definition) is 0. The van der Waals surface area contributed by atoms with Crippen molar-refractivity contribution in [1.82, 2.24) is 0 Å². The number of allylic oxidation sites excluding steroid dienone is 1. The van der Waals surface area contributed by atoms with Gasteiger partial charge in [-0.05, 0) is 30.9 Å². The van der Waals surface area contributed by atoms with Gasteiger partial charge in [0.1, 0.15) is 0 Å². The standard InChI is InChI=1S/C19H26O2/c1-2-3-4-5-6-7-8-12-17-21-19(20)16-15-18-13-10-9-11-14-18/h2,9-11,13-16H,1,3-8,12,17H2. The minimum atomic E-state index is -0.259. The Hall–Kier alpha value is -1.83. The van der Waals surface area contributed by atoms with Crippen LogP contribution in [0, 0.1) is 0 Å². The highest BCUT2D eigenvalue weighted by Crippen LogP contribution is 2.07. The summed E-state index contributed by atoms with van der Waals surface area (Å²) in [6.07, 6.45) is 13.4. The predicted molar refractivity (Wildman–Crippen MR) is 89.0 cm³/mol. The van der Waals surface area contributed by atoms with E-state index in [-0.39, 0.29) is 5.97 Å². The Bertz CT molecular complexity index is 420. The number of carbonyl (C=O) groups is 1. The second-order valence-corrected chi connectivity index (χ2v) is 5.11. The van der Waals surface area contributed by atoms with Crippen LogP contribution in [0.3, 0.4) is 0 Å². The maximum atomic E-state index is 11.5. The fraction of sp³-hybridized carbons (Fsp3) is 0.421. The van der Waals surface area contributed by atoms with Crippen LogP contribution >= 0.6 is 0 Å². The van der Waals surface area contributed by atoms with E-state index < -0.39 is 0 Å². The van der Waals surface area contributed by atoms with E-state index in [4.69, 9.17) is 4.74 Å². The SMILES string of the molecule is C=CCCCCCCCCOC(=O)C=Cc1ccccc1. The summed E-state index contributed by atoms with van der Waals surface area (Å²) in [4.78, 5) is 11.5. The summed E-state index contributed by atoms with van der Waals surface area (Å²) in [6, 6.07) is 9.75. The van der Waals surface area contributed by atoms with Gasteiger partial charge in [-0.1, -0.05) is 62.1 Å². The topological polar surface area (TPSA) is 26.3 Å². The molecule has 0 saturated carbocycles. The summed E-state index contributed by atoms with van der Waals surface area (Å²) in [5, 5.41) is 0. The lowest BCUT2D eigenvalue weighted by Gasteiger charge is -2.02. The van der Waals surface area contributed by atoms with Crippen molar-refractivity contribution in [3.8, 4) is 0 Å². The third kappa shape index (κ3) is 9.67. The van der Waals surface area contributed by atoms with Crippen LogP contribution < -0.4 is 0 Å². The average molecular weight is 286 g/mol. The molecule has 0 amide bonds. The second kappa shape index (κ2) is 12.0. The minimum absolute atomic E-state index is 0.259. The first-order valence-corrected chi connectivity index (χ1v) is 7.83. The monoisotopic (exact) mass is 286 g/mol. The van der Waals surface area contributed by atoms with Crippen LogP contribution in [0.1, 0.15) is 50.5 Å². The molecule has 0 N–H and O–H groups in total. The molecule has 1 aromatic rings. The molecule has 2 heteroatoms. The van der Waals surface area contributed by atoms with E-state index in [1.807, 2.05) is 36.4 Å². The number of rotatable bonds is 11. The van der Waals surface area contributed by atoms with Crippen LogP contribution in [0.4, 0.5) is 0 Å². The zero-order chi connectivity index (χ0) is 15.2. The smallest absolute Gasteiger partial charge is 0.330 e. The van der Waals surface area contributed by atoms with Gasteiger partial charge in [0.2, 0.25) is 0 Å². The van der Waals surface area contributed by atoms with Crippen LogP contribution in [0.2, 0.25) is 0 Å². The van der Waals surface area contributed by atoms with Crippen molar-refractivity contribution in [3.05, 3.63) is 54.6 Å². The molecule has 0 spiro atoms. The van der Waals surface area contributed by atoms with Crippen molar-refractivity contribution in [2.75, 3.05) is 6.61 Å². The maximum absolute atomic E-state index is 11.5. The Labute approximate surface area is 128 Å². The summed E-state index contributed by atoms with van der Waals surface area (Å²) in [6.45, 7) is 4.23. The first-order valence-electron chi connectivity index (χ1n) is 7.83. The zero-order valence-electron chi connectivity index (χ0n) is 12.8. The number of ether oxygens (including phenoxy) is 1. The Morgan fingerprint density at radius 2 is 1.67 bits per heavy atom. The molecule has 0 fully saturated rings. The first kappa shape index (κ1) is 17.2. The summed E-state index contributed by atoms with van der Waals surface area (Å²) in [5.74, 6) is -0.259. The van der Waals surface area contributed by atoms with Crippen LogP contribution in [0.15, 0.2) is 49.1 Å². The third-order valence-corrected chi connectivity index (χ3v) is 3.26. The van der Waals surface area contributed by atoms with Gasteiger partial charge in [0.05, 0.1) is 6.61 Å². The lowest BCUT2D eigenvalue weighted by molar-refractivity contribution is -0.137. The van der Waals surface area contributed by atoms with Gasteiger partial charge in [0.15, 0.2) is 0 Å². The first-order chi connectivity index (χ1) is 10.3. The van der Waals surface area contributed by atoms with Gasteiger partial charge in [-0.3, -0.25) is 0 Å². The highest BCUT2D eigenvalue weighted by molar-refractivity contribution is 5.86. The Morgan fingerprint density at radius 3 is 2.38 bits per heavy atom. The van der Waals surface area contributed by atoms with Gasteiger partial charge in [-0.25, -0.2) is 4.79 Å². The molecule has 0 aliphatic rings. The van der Waals surface area contributed by atoms with E-state index >= 15 is 0 Å². The molecule has 114 valence electrons. The number of unbranched alkanes of at least 4 members (excludes halogenated alkanes) is 6. The Balaban J connectivity index is 1.99. The number of carbonyl (C=O) groups excluding carboxylic acids is 1. The second-order valence-electron chi connectivity index (χ2n) is 5.11. The largest absolute Gasteiger partial charge is 0.463 e. The van der Waals surface area contributed by atoms with E-state index in [1.165, 1.54) is 31.8 Å². The van der Waals surface area contributed by atoms with E-state index in [0.717, 1.165) is 24.8 Å². The van der Waals surface area contributed by atoms with Gasteiger partial charge in [-0.15, -0.1) is 6.58 Å². The lowest BCUT2D eigenvalue weighted by Crippen LogP contribution is -2.02. The summed E-state index contributed by atoms with van der Waals surface area (Å²) >= 11 is 0. The highest BCUT2D eigenvalue weighted by atomic mass is 16.5. The predicted octanol–water partition coefficient (Wildman–Crippen LogP) is 5.16. The molecule has 0 atom stereocenters. The van der Waals surface area contributed by atoms with E-state index in [9.17, 15) is 4.79 Å². The molecular weight excluding hydrogens is 260 g/mol. The van der Waals surface area contributed by atoms with Crippen LogP contribution in [0.5, 0.6) is 0 Å². The molecule has 0 saturated heterocycles. The molecule has 0 aromatic heterocycles. The molecule has 0 bridgehead atoms. The van der Waals surface area contributed by atoms with Crippen molar-refractivity contribution >= 4 is 12.0 Å². The Morgan fingerprint density at radius 1 is 1.00 bits per heavy atom. The van der Waals surface area contributed by atoms with Crippen LogP contribution in [-0.4, -0.2) is 12.6 Å². The molecule has 0 unspecified atom stereocenters. The fourth-order valence-corrected chi connectivity index (χ4v) is 2.05. The molecule has 1 aromatic carbocycles. The van der Waals surface area contributed by atoms with Crippen molar-refractivity contribution < 1.29 is 9.53 Å². The minimum Gasteiger partial charge on any atom is -0.463 e. The van der Waals surface area contributed by atoms with Gasteiger partial charge in [-0.2, -0.15) is 0 Å². The quantitative estimate of drug-likeness (QED) is 0.243. The van der Waals surface area contributed by atoms with Crippen LogP contribution in [0.25, 0.3) is 6.08 Å². The number of esters is 1. The normalized spacial score (nSPS) is 10.7. The van der Waals surface area contributed by atoms with Crippen molar-refractivity contribution in [2.24, 2.45) is 0 Å². The zero-order valence-corrected chi connectivity index (χ0v) is 12.8. The van der Waals surface area contributed by atoms with Gasteiger partial charge >= 0.3 is 5.97 Å². The molecule has 0 heterocycles. The highest BCUT2D eigenvalue weighted by Gasteiger charge is 1.97. The van der Waals surface area contributed by atoms with Gasteiger partial charge < -0.3 is 4.74 Å². The number of hydrogen-bond acceptors (Lipinski definition) is 2. The molecule has 2 nitrogen and oxygen atoms in total. The maximum Gasteiger partial charge on any atom is 0.330 e. The molecule has 1 rings (SSSR count). The summed E-state index contributed by atoms with van der Waals surface area (Å²) < 4.78 is 5.17. The Kier molecular flexibility index (Phi) is 9.80. The van der Waals surface area contributed by atoms with Crippen molar-refractivity contribution in [3.63, 3.8) is 0 Å². The molecule has 0 aliphatic carbocycles. The molecular formula is C19H26O2. The van der Waals surface area contributed by atoms with Crippen molar-refractivity contribution in [2.45, 2.75) is 44.9 Å². The molecule has 0 radical (unpaired) electrons. The van der Waals surface area contributed by atoms with Gasteiger partial charge in [0, 0.05) is 6.08 Å². The lowest BCUT2D eigenvalue weighted by atomic mass is 10.1. The fourth-order valence-electron chi connectivity index (χ4n) is 2.05. The van der Waals surface area contributed by atoms with E-state index in [0.29, 0.717) is 6.61 Å².